The molecule has 1 atom stereocenters. The first-order valence-corrected chi connectivity index (χ1v) is 12.1. The number of amides is 3. The van der Waals surface area contributed by atoms with Crippen molar-refractivity contribution in [3.8, 4) is 11.5 Å². The van der Waals surface area contributed by atoms with E-state index in [-0.39, 0.29) is 11.8 Å². The Morgan fingerprint density at radius 1 is 1.00 bits per heavy atom. The van der Waals surface area contributed by atoms with Gasteiger partial charge in [-0.2, -0.15) is 0 Å². The predicted molar refractivity (Wildman–Crippen MR) is 136 cm³/mol. The molecule has 8 nitrogen and oxygen atoms in total. The Morgan fingerprint density at radius 2 is 1.71 bits per heavy atom. The van der Waals surface area contributed by atoms with Crippen LogP contribution in [0.25, 0.3) is 0 Å². The van der Waals surface area contributed by atoms with Gasteiger partial charge in [0.05, 0.1) is 18.4 Å². The Morgan fingerprint density at radius 3 is 2.43 bits per heavy atom. The number of hydrogen-bond acceptors (Lipinski definition) is 6. The van der Waals surface area contributed by atoms with Gasteiger partial charge in [-0.25, -0.2) is 0 Å². The van der Waals surface area contributed by atoms with Crippen LogP contribution >= 0.6 is 11.3 Å². The van der Waals surface area contributed by atoms with Crippen molar-refractivity contribution in [2.45, 2.75) is 38.7 Å². The van der Waals surface area contributed by atoms with Crippen LogP contribution in [0.1, 0.15) is 50.9 Å². The summed E-state index contributed by atoms with van der Waals surface area (Å²) in [4.78, 5) is 38.5. The molecule has 4 rings (SSSR count). The molecule has 3 amide bonds. The van der Waals surface area contributed by atoms with Gasteiger partial charge in [-0.1, -0.05) is 12.1 Å². The fraction of sp³-hybridized carbons (Fsp3) is 0.269. The lowest BCUT2D eigenvalue weighted by atomic mass is 9.95. The second-order valence-corrected chi connectivity index (χ2v) is 9.31. The summed E-state index contributed by atoms with van der Waals surface area (Å²) in [6.45, 7) is 1.63. The van der Waals surface area contributed by atoms with Gasteiger partial charge in [0.25, 0.3) is 17.7 Å². The number of aryl methyl sites for hydroxylation is 1. The van der Waals surface area contributed by atoms with E-state index in [9.17, 15) is 14.4 Å². The Hall–Kier alpha value is -3.85. The molecule has 4 N–H and O–H groups in total. The van der Waals surface area contributed by atoms with Crippen molar-refractivity contribution < 1.29 is 23.9 Å². The maximum absolute atomic E-state index is 12.8. The summed E-state index contributed by atoms with van der Waals surface area (Å²) in [5.74, 6) is -0.219. The van der Waals surface area contributed by atoms with E-state index in [4.69, 9.17) is 15.2 Å². The molecule has 0 saturated heterocycles. The van der Waals surface area contributed by atoms with E-state index in [2.05, 4.69) is 10.6 Å². The smallest absolute Gasteiger partial charge is 0.265 e. The van der Waals surface area contributed by atoms with E-state index in [0.717, 1.165) is 36.1 Å². The summed E-state index contributed by atoms with van der Waals surface area (Å²) in [5.41, 5.74) is 7.95. The minimum atomic E-state index is -0.782. The third-order valence-electron chi connectivity index (χ3n) is 5.81. The van der Waals surface area contributed by atoms with Crippen molar-refractivity contribution in [1.82, 2.24) is 0 Å². The molecule has 0 saturated carbocycles. The van der Waals surface area contributed by atoms with Crippen LogP contribution in [0.15, 0.2) is 48.5 Å². The quantitative estimate of drug-likeness (QED) is 0.430. The number of carbonyl (C=O) groups excluding carboxylic acids is 3. The van der Waals surface area contributed by atoms with E-state index in [1.54, 1.807) is 49.4 Å². The Kier molecular flexibility index (Phi) is 7.36. The molecular formula is C26H27N3O5S. The number of primary amides is 1. The summed E-state index contributed by atoms with van der Waals surface area (Å²) < 4.78 is 11.0. The lowest BCUT2D eigenvalue weighted by Crippen LogP contribution is -2.30. The maximum Gasteiger partial charge on any atom is 0.265 e. The normalized spacial score (nSPS) is 13.3. The number of rotatable bonds is 8. The first-order chi connectivity index (χ1) is 16.9. The van der Waals surface area contributed by atoms with Gasteiger partial charge in [0, 0.05) is 10.4 Å². The van der Waals surface area contributed by atoms with Crippen molar-refractivity contribution in [2.75, 3.05) is 17.7 Å². The van der Waals surface area contributed by atoms with Crippen LogP contribution in [0, 0.1) is 0 Å². The predicted octanol–water partition coefficient (Wildman–Crippen LogP) is 4.39. The first kappa shape index (κ1) is 24.3. The number of para-hydroxylation sites is 2. The van der Waals surface area contributed by atoms with E-state index < -0.39 is 12.0 Å². The molecule has 0 radical (unpaired) electrons. The fourth-order valence-electron chi connectivity index (χ4n) is 4.01. The lowest BCUT2D eigenvalue weighted by Gasteiger charge is -2.16. The van der Waals surface area contributed by atoms with E-state index in [1.807, 2.05) is 6.07 Å². The highest BCUT2D eigenvalue weighted by Crippen LogP contribution is 2.38. The molecule has 2 aromatic carbocycles. The lowest BCUT2D eigenvalue weighted by molar-refractivity contribution is -0.122. The number of fused-ring (bicyclic) bond motifs is 1. The van der Waals surface area contributed by atoms with Gasteiger partial charge in [-0.05, 0) is 74.6 Å². The number of carbonyl (C=O) groups is 3. The second-order valence-electron chi connectivity index (χ2n) is 8.21. The molecular weight excluding hydrogens is 466 g/mol. The average Bonchev–Trinajstić information content (AvgIpc) is 3.22. The molecule has 182 valence electrons. The molecule has 1 aliphatic rings. The number of methoxy groups -OCH3 is 1. The van der Waals surface area contributed by atoms with Crippen LogP contribution in [0.4, 0.5) is 10.7 Å². The van der Waals surface area contributed by atoms with Gasteiger partial charge >= 0.3 is 0 Å². The molecule has 1 heterocycles. The molecule has 0 aliphatic heterocycles. The SMILES string of the molecule is COc1ccccc1NC(=O)[C@H](C)Oc1ccc(C(=O)Nc2sc3c(c2C(N)=O)CCCC3)cc1. The van der Waals surface area contributed by atoms with Crippen LogP contribution in [0.2, 0.25) is 0 Å². The van der Waals surface area contributed by atoms with Crippen molar-refractivity contribution >= 4 is 39.7 Å². The van der Waals surface area contributed by atoms with Crippen LogP contribution in [0.3, 0.4) is 0 Å². The van der Waals surface area contributed by atoms with Gasteiger partial charge < -0.3 is 25.8 Å². The number of nitrogens with one attached hydrogen (secondary N) is 2. The molecule has 0 bridgehead atoms. The summed E-state index contributed by atoms with van der Waals surface area (Å²) >= 11 is 1.42. The van der Waals surface area contributed by atoms with E-state index in [1.165, 1.54) is 18.4 Å². The number of thiophene rings is 1. The van der Waals surface area contributed by atoms with Crippen LogP contribution < -0.4 is 25.8 Å². The van der Waals surface area contributed by atoms with Gasteiger partial charge in [0.1, 0.15) is 16.5 Å². The minimum Gasteiger partial charge on any atom is -0.495 e. The summed E-state index contributed by atoms with van der Waals surface area (Å²) in [7, 11) is 1.53. The average molecular weight is 494 g/mol. The number of nitrogens with two attached hydrogens (primary N) is 1. The highest BCUT2D eigenvalue weighted by Gasteiger charge is 2.25. The molecule has 35 heavy (non-hydrogen) atoms. The zero-order valence-corrected chi connectivity index (χ0v) is 20.4. The number of anilines is 2. The third kappa shape index (κ3) is 5.46. The Labute approximate surface area is 207 Å². The number of benzene rings is 2. The van der Waals surface area contributed by atoms with Crippen molar-refractivity contribution in [3.05, 3.63) is 70.1 Å². The van der Waals surface area contributed by atoms with Crippen molar-refractivity contribution in [1.29, 1.82) is 0 Å². The second kappa shape index (κ2) is 10.6. The third-order valence-corrected chi connectivity index (χ3v) is 7.02. The zero-order valence-electron chi connectivity index (χ0n) is 19.6. The molecule has 9 heteroatoms. The Balaban J connectivity index is 1.40. The standard InChI is InChI=1S/C26H27N3O5S/c1-15(24(31)28-19-8-4-5-9-20(19)33-2)34-17-13-11-16(12-14-17)25(32)29-26-22(23(27)30)18-7-3-6-10-21(18)35-26/h4-5,8-9,11-15H,3,6-7,10H2,1-2H3,(H2,27,30)(H,28,31)(H,29,32)/t15-/m0/s1. The van der Waals surface area contributed by atoms with E-state index >= 15 is 0 Å². The maximum atomic E-state index is 12.8. The topological polar surface area (TPSA) is 120 Å². The molecule has 0 spiro atoms. The van der Waals surface area contributed by atoms with Gasteiger partial charge in [0.2, 0.25) is 0 Å². The number of hydrogen-bond donors (Lipinski definition) is 3. The molecule has 0 unspecified atom stereocenters. The van der Waals surface area contributed by atoms with Crippen LogP contribution in [-0.4, -0.2) is 30.9 Å². The number of ether oxygens (including phenoxy) is 2. The summed E-state index contributed by atoms with van der Waals surface area (Å²) in [5, 5.41) is 6.12. The monoisotopic (exact) mass is 493 g/mol. The van der Waals surface area contributed by atoms with Crippen molar-refractivity contribution in [3.63, 3.8) is 0 Å². The molecule has 0 fully saturated rings. The molecule has 3 aromatic rings. The van der Waals surface area contributed by atoms with Gasteiger partial charge in [-0.15, -0.1) is 11.3 Å². The highest BCUT2D eigenvalue weighted by atomic mass is 32.1. The van der Waals surface area contributed by atoms with Crippen LogP contribution in [-0.2, 0) is 17.6 Å². The first-order valence-electron chi connectivity index (χ1n) is 11.3. The molecule has 1 aromatic heterocycles. The zero-order chi connectivity index (χ0) is 24.9. The van der Waals surface area contributed by atoms with Gasteiger partial charge in [-0.3, -0.25) is 14.4 Å². The summed E-state index contributed by atoms with van der Waals surface area (Å²) in [6.07, 6.45) is 2.99. The molecule has 1 aliphatic carbocycles. The van der Waals surface area contributed by atoms with Crippen LogP contribution in [0.5, 0.6) is 11.5 Å². The minimum absolute atomic E-state index is 0.336. The summed E-state index contributed by atoms with van der Waals surface area (Å²) in [6, 6.07) is 13.6. The van der Waals surface area contributed by atoms with Gasteiger partial charge in [0.15, 0.2) is 6.10 Å². The Bertz CT molecular complexity index is 1250. The fourth-order valence-corrected chi connectivity index (χ4v) is 5.30. The van der Waals surface area contributed by atoms with Crippen molar-refractivity contribution in [2.24, 2.45) is 5.73 Å². The largest absolute Gasteiger partial charge is 0.495 e. The highest BCUT2D eigenvalue weighted by molar-refractivity contribution is 7.17. The van der Waals surface area contributed by atoms with E-state index in [0.29, 0.717) is 33.3 Å².